The molecule has 1 aliphatic heterocycles. The van der Waals surface area contributed by atoms with Gasteiger partial charge in [0.25, 0.3) is 0 Å². The van der Waals surface area contributed by atoms with E-state index in [4.69, 9.17) is 4.74 Å². The summed E-state index contributed by atoms with van der Waals surface area (Å²) in [5.41, 5.74) is 0. The molecule has 0 atom stereocenters. The van der Waals surface area contributed by atoms with Crippen LogP contribution in [0.15, 0.2) is 6.08 Å². The Morgan fingerprint density at radius 2 is 2.80 bits per heavy atom. The first kappa shape index (κ1) is 2.91. The van der Waals surface area contributed by atoms with Crippen LogP contribution < -0.4 is 0 Å². The molecule has 1 nitrogen and oxygen atoms in total. The zero-order chi connectivity index (χ0) is 3.54. The average Bonchev–Trinajstić information content (AvgIpc) is 1.76. The summed E-state index contributed by atoms with van der Waals surface area (Å²) in [4.78, 5) is 0. The van der Waals surface area contributed by atoms with E-state index in [1.54, 1.807) is 0 Å². The Bertz CT molecular complexity index is 41.6. The maximum atomic E-state index is 4.78. The summed E-state index contributed by atoms with van der Waals surface area (Å²) in [6.07, 6.45) is 4.76. The molecule has 1 heterocycles. The largest absolute Gasteiger partial charge is 0.373 e. The van der Waals surface area contributed by atoms with Crippen LogP contribution in [-0.2, 0) is 4.74 Å². The van der Waals surface area contributed by atoms with Gasteiger partial charge in [0, 0.05) is 0 Å². The Kier molecular flexibility index (Phi) is 0.711. The molecule has 0 spiro atoms. The summed E-state index contributed by atoms with van der Waals surface area (Å²) < 4.78 is 4.78. The predicted octanol–water partition coefficient (Wildman–Crippen LogP) is 0.376. The van der Waals surface area contributed by atoms with E-state index >= 15 is 0 Å². The van der Waals surface area contributed by atoms with Crippen LogP contribution in [0.25, 0.3) is 0 Å². The number of hydrogen-bond donors (Lipinski definition) is 0. The molecule has 0 amide bonds. The van der Waals surface area contributed by atoms with Crippen molar-refractivity contribution in [3.05, 3.63) is 12.2 Å². The highest BCUT2D eigenvalue weighted by Gasteiger charge is 1.84. The van der Waals surface area contributed by atoms with E-state index in [-0.39, 0.29) is 0 Å². The van der Waals surface area contributed by atoms with Crippen molar-refractivity contribution in [1.82, 2.24) is 0 Å². The molecule has 5 heavy (non-hydrogen) atoms. The summed E-state index contributed by atoms with van der Waals surface area (Å²) in [7, 11) is 0. The highest BCUT2D eigenvalue weighted by molar-refractivity contribution is 4.77. The van der Waals surface area contributed by atoms with E-state index in [9.17, 15) is 0 Å². The molecule has 1 radical (unpaired) electrons. The van der Waals surface area contributed by atoms with Crippen molar-refractivity contribution >= 4 is 0 Å². The fourth-order valence-electron chi connectivity index (χ4n) is 0.295. The minimum Gasteiger partial charge on any atom is -0.373 e. The third kappa shape index (κ3) is 0.484. The molecular weight excluding hydrogens is 64.0 g/mol. The van der Waals surface area contributed by atoms with Gasteiger partial charge in [-0.15, -0.1) is 0 Å². The van der Waals surface area contributed by atoms with Crippen LogP contribution in [0.3, 0.4) is 0 Å². The second-order valence-corrected chi connectivity index (χ2v) is 0.923. The predicted molar refractivity (Wildman–Crippen MR) is 18.6 cm³/mol. The topological polar surface area (TPSA) is 9.23 Å². The van der Waals surface area contributed by atoms with Crippen LogP contribution in [0.1, 0.15) is 0 Å². The maximum Gasteiger partial charge on any atom is 0.0722 e. The first-order valence-corrected chi connectivity index (χ1v) is 1.63. The lowest BCUT2D eigenvalue weighted by atomic mass is 10.6. The minimum atomic E-state index is 0.694. The van der Waals surface area contributed by atoms with Crippen molar-refractivity contribution in [3.63, 3.8) is 0 Å². The molecule has 0 fully saturated rings. The zero-order valence-corrected chi connectivity index (χ0v) is 2.90. The highest BCUT2D eigenvalue weighted by atomic mass is 16.5. The van der Waals surface area contributed by atoms with Crippen molar-refractivity contribution in [2.75, 3.05) is 13.2 Å². The van der Waals surface area contributed by atoms with Gasteiger partial charge < -0.3 is 4.74 Å². The van der Waals surface area contributed by atoms with Crippen molar-refractivity contribution in [1.29, 1.82) is 0 Å². The standard InChI is InChI=1S/C4H5O/c1-2-4-5-3-1/h1H,3-4H2. The van der Waals surface area contributed by atoms with Crippen molar-refractivity contribution in [2.45, 2.75) is 0 Å². The first-order chi connectivity index (χ1) is 2.50. The monoisotopic (exact) mass is 69.0 g/mol. The Morgan fingerprint density at radius 1 is 1.80 bits per heavy atom. The molecule has 0 aliphatic carbocycles. The molecular formula is C4H5O. The van der Waals surface area contributed by atoms with E-state index in [1.165, 1.54) is 0 Å². The van der Waals surface area contributed by atoms with Crippen LogP contribution in [0.2, 0.25) is 0 Å². The van der Waals surface area contributed by atoms with Gasteiger partial charge in [0.1, 0.15) is 0 Å². The van der Waals surface area contributed by atoms with Crippen LogP contribution in [0.4, 0.5) is 0 Å². The van der Waals surface area contributed by atoms with Crippen molar-refractivity contribution in [2.24, 2.45) is 0 Å². The number of hydrogen-bond acceptors (Lipinski definition) is 1. The fraction of sp³-hybridized carbons (Fsp3) is 0.500. The Hall–Kier alpha value is -0.300. The van der Waals surface area contributed by atoms with Gasteiger partial charge in [0.05, 0.1) is 13.2 Å². The Morgan fingerprint density at radius 3 is 3.00 bits per heavy atom. The summed E-state index contributed by atoms with van der Waals surface area (Å²) in [5, 5.41) is 0. The molecule has 0 aromatic carbocycles. The molecule has 0 saturated carbocycles. The summed E-state index contributed by atoms with van der Waals surface area (Å²) in [6.45, 7) is 1.46. The molecule has 0 unspecified atom stereocenters. The molecule has 1 heteroatoms. The quantitative estimate of drug-likeness (QED) is 0.399. The number of ether oxygens (including phenoxy) is 1. The van der Waals surface area contributed by atoms with Crippen molar-refractivity contribution < 1.29 is 4.74 Å². The molecule has 0 bridgehead atoms. The lowest BCUT2D eigenvalue weighted by Gasteiger charge is -1.77. The van der Waals surface area contributed by atoms with E-state index in [0.717, 1.165) is 6.61 Å². The van der Waals surface area contributed by atoms with Crippen LogP contribution in [0.5, 0.6) is 0 Å². The second kappa shape index (κ2) is 1.22. The zero-order valence-electron chi connectivity index (χ0n) is 2.90. The molecule has 1 rings (SSSR count). The maximum absolute atomic E-state index is 4.78. The van der Waals surface area contributed by atoms with Crippen LogP contribution in [-0.4, -0.2) is 13.2 Å². The third-order valence-corrected chi connectivity index (χ3v) is 0.531. The van der Waals surface area contributed by atoms with Gasteiger partial charge in [-0.05, 0) is 6.08 Å². The van der Waals surface area contributed by atoms with Gasteiger partial charge in [-0.3, -0.25) is 0 Å². The van der Waals surface area contributed by atoms with E-state index in [0.29, 0.717) is 6.61 Å². The highest BCUT2D eigenvalue weighted by Crippen LogP contribution is 1.84. The van der Waals surface area contributed by atoms with Crippen LogP contribution in [0, 0.1) is 6.08 Å². The van der Waals surface area contributed by atoms with Crippen molar-refractivity contribution in [3.8, 4) is 0 Å². The third-order valence-electron chi connectivity index (χ3n) is 0.531. The Labute approximate surface area is 31.3 Å². The van der Waals surface area contributed by atoms with Gasteiger partial charge in [-0.2, -0.15) is 0 Å². The minimum absolute atomic E-state index is 0.694. The van der Waals surface area contributed by atoms with E-state index in [2.05, 4.69) is 6.08 Å². The SMILES string of the molecule is [C]1=CCOC1. The second-order valence-electron chi connectivity index (χ2n) is 0.923. The van der Waals surface area contributed by atoms with E-state index < -0.39 is 0 Å². The molecule has 0 aromatic heterocycles. The molecule has 0 N–H and O–H groups in total. The van der Waals surface area contributed by atoms with Gasteiger partial charge in [-0.25, -0.2) is 0 Å². The molecule has 0 aromatic rings. The van der Waals surface area contributed by atoms with E-state index in [1.807, 2.05) is 6.08 Å². The summed E-state index contributed by atoms with van der Waals surface area (Å²) in [5.74, 6) is 0. The summed E-state index contributed by atoms with van der Waals surface area (Å²) >= 11 is 0. The lowest BCUT2D eigenvalue weighted by Crippen LogP contribution is -1.77. The van der Waals surface area contributed by atoms with Gasteiger partial charge >= 0.3 is 0 Å². The smallest absolute Gasteiger partial charge is 0.0722 e. The van der Waals surface area contributed by atoms with Crippen LogP contribution >= 0.6 is 0 Å². The average molecular weight is 69.1 g/mol. The number of rotatable bonds is 0. The molecule has 0 saturated heterocycles. The summed E-state index contributed by atoms with van der Waals surface area (Å²) in [6, 6.07) is 0. The molecule has 27 valence electrons. The molecule has 1 aliphatic rings. The normalized spacial score (nSPS) is 20.8. The van der Waals surface area contributed by atoms with Gasteiger partial charge in [0.15, 0.2) is 0 Å². The Balaban J connectivity index is 2.32. The lowest BCUT2D eigenvalue weighted by molar-refractivity contribution is 0.210. The fourth-order valence-corrected chi connectivity index (χ4v) is 0.295. The first-order valence-electron chi connectivity index (χ1n) is 1.63. The van der Waals surface area contributed by atoms with Gasteiger partial charge in [-0.1, -0.05) is 6.08 Å². The van der Waals surface area contributed by atoms with Gasteiger partial charge in [0.2, 0.25) is 0 Å².